The van der Waals surface area contributed by atoms with Crippen LogP contribution in [0.3, 0.4) is 0 Å². The number of rotatable bonds is 5. The highest BCUT2D eigenvalue weighted by atomic mass is 16.5. The molecule has 5 heteroatoms. The number of hydrogen-bond donors (Lipinski definition) is 4. The van der Waals surface area contributed by atoms with E-state index in [9.17, 15) is 20.4 Å². The van der Waals surface area contributed by atoms with Gasteiger partial charge in [-0.15, -0.1) is 0 Å². The number of ether oxygens (including phenoxy) is 1. The molecule has 162 valence electrons. The first-order valence-corrected chi connectivity index (χ1v) is 10.9. The van der Waals surface area contributed by atoms with Crippen LogP contribution in [-0.4, -0.2) is 52.0 Å². The number of aliphatic hydroxyl groups excluding tert-OH is 4. The van der Waals surface area contributed by atoms with Crippen LogP contribution in [0.4, 0.5) is 0 Å². The van der Waals surface area contributed by atoms with Gasteiger partial charge >= 0.3 is 0 Å². The van der Waals surface area contributed by atoms with Crippen LogP contribution in [0, 0.1) is 19.8 Å². The first-order valence-electron chi connectivity index (χ1n) is 10.9. The Bertz CT molecular complexity index is 891. The largest absolute Gasteiger partial charge is 0.396 e. The Labute approximate surface area is 178 Å². The first-order chi connectivity index (χ1) is 14.4. The van der Waals surface area contributed by atoms with Crippen LogP contribution in [0.1, 0.15) is 51.5 Å². The van der Waals surface area contributed by atoms with Gasteiger partial charge in [0.25, 0.3) is 0 Å². The Hall–Kier alpha value is -1.76. The summed E-state index contributed by atoms with van der Waals surface area (Å²) in [6, 6.07) is 10.7. The van der Waals surface area contributed by atoms with E-state index in [-0.39, 0.29) is 13.2 Å². The molecule has 1 fully saturated rings. The van der Waals surface area contributed by atoms with Gasteiger partial charge in [0.15, 0.2) is 0 Å². The van der Waals surface area contributed by atoms with Crippen molar-refractivity contribution < 1.29 is 25.2 Å². The molecule has 4 rings (SSSR count). The fourth-order valence-electron chi connectivity index (χ4n) is 5.13. The Morgan fingerprint density at radius 3 is 2.30 bits per heavy atom. The molecule has 0 saturated carbocycles. The summed E-state index contributed by atoms with van der Waals surface area (Å²) in [4.78, 5) is 0. The van der Waals surface area contributed by atoms with Gasteiger partial charge in [0.2, 0.25) is 0 Å². The third-order valence-corrected chi connectivity index (χ3v) is 6.91. The van der Waals surface area contributed by atoms with Crippen LogP contribution >= 0.6 is 0 Å². The normalized spacial score (nSPS) is 28.5. The molecule has 0 bridgehead atoms. The lowest BCUT2D eigenvalue weighted by Gasteiger charge is -2.42. The summed E-state index contributed by atoms with van der Waals surface area (Å²) >= 11 is 0. The molecule has 0 aromatic heterocycles. The maximum Gasteiger partial charge on any atom is 0.110 e. The summed E-state index contributed by atoms with van der Waals surface area (Å²) in [6.07, 6.45) is 0.198. The zero-order valence-electron chi connectivity index (χ0n) is 17.7. The van der Waals surface area contributed by atoms with Gasteiger partial charge in [-0.2, -0.15) is 0 Å². The van der Waals surface area contributed by atoms with Crippen LogP contribution in [0.15, 0.2) is 30.3 Å². The lowest BCUT2D eigenvalue weighted by atomic mass is 9.80. The lowest BCUT2D eigenvalue weighted by molar-refractivity contribution is -0.217. The third-order valence-electron chi connectivity index (χ3n) is 6.91. The highest BCUT2D eigenvalue weighted by Crippen LogP contribution is 2.42. The first kappa shape index (κ1) is 21.5. The summed E-state index contributed by atoms with van der Waals surface area (Å²) in [5, 5.41) is 40.4. The summed E-state index contributed by atoms with van der Waals surface area (Å²) in [5.74, 6) is -0.645. The molecule has 1 saturated heterocycles. The third kappa shape index (κ3) is 3.81. The van der Waals surface area contributed by atoms with Crippen molar-refractivity contribution in [2.45, 2.75) is 63.9 Å². The monoisotopic (exact) mass is 412 g/mol. The highest BCUT2D eigenvalue weighted by molar-refractivity contribution is 5.50. The van der Waals surface area contributed by atoms with Crippen molar-refractivity contribution in [2.75, 3.05) is 13.2 Å². The number of aryl methyl sites for hydroxylation is 1. The van der Waals surface area contributed by atoms with E-state index in [0.717, 1.165) is 36.8 Å². The average molecular weight is 413 g/mol. The van der Waals surface area contributed by atoms with Crippen molar-refractivity contribution in [3.8, 4) is 0 Å². The fraction of sp³-hybridized carbons (Fsp3) is 0.520. The number of fused-ring (bicyclic) bond motifs is 1. The van der Waals surface area contributed by atoms with E-state index in [1.54, 1.807) is 0 Å². The SMILES string of the molecule is Cc1ccc(Cc2cc(C3OC(CO)C(O)C(O)C3CO)c(C)c3c2CCC3)cc1. The Balaban J connectivity index is 1.76. The zero-order valence-corrected chi connectivity index (χ0v) is 17.7. The molecule has 0 amide bonds. The molecule has 5 nitrogen and oxygen atoms in total. The second-order valence-corrected chi connectivity index (χ2v) is 8.83. The van der Waals surface area contributed by atoms with E-state index in [1.165, 1.54) is 27.8 Å². The van der Waals surface area contributed by atoms with Crippen molar-refractivity contribution in [2.24, 2.45) is 5.92 Å². The molecular weight excluding hydrogens is 380 g/mol. The van der Waals surface area contributed by atoms with E-state index in [1.807, 2.05) is 0 Å². The van der Waals surface area contributed by atoms with Crippen molar-refractivity contribution in [1.29, 1.82) is 0 Å². The summed E-state index contributed by atoms with van der Waals surface area (Å²) in [5.41, 5.74) is 8.58. The average Bonchev–Trinajstić information content (AvgIpc) is 3.24. The molecule has 1 aliphatic carbocycles. The van der Waals surface area contributed by atoms with E-state index >= 15 is 0 Å². The minimum absolute atomic E-state index is 0.301. The van der Waals surface area contributed by atoms with E-state index in [0.29, 0.717) is 0 Å². The second kappa shape index (κ2) is 8.77. The molecule has 1 aliphatic heterocycles. The topological polar surface area (TPSA) is 90.2 Å². The maximum absolute atomic E-state index is 10.6. The fourth-order valence-corrected chi connectivity index (χ4v) is 5.13. The van der Waals surface area contributed by atoms with Gasteiger partial charge in [-0.3, -0.25) is 0 Å². The van der Waals surface area contributed by atoms with Gasteiger partial charge in [0.1, 0.15) is 12.2 Å². The predicted molar refractivity (Wildman–Crippen MR) is 114 cm³/mol. The molecule has 2 aromatic rings. The molecule has 2 aromatic carbocycles. The van der Waals surface area contributed by atoms with Gasteiger partial charge in [-0.25, -0.2) is 0 Å². The molecule has 1 heterocycles. The van der Waals surface area contributed by atoms with Crippen molar-refractivity contribution in [3.63, 3.8) is 0 Å². The summed E-state index contributed by atoms with van der Waals surface area (Å²) in [6.45, 7) is 3.48. The van der Waals surface area contributed by atoms with Crippen LogP contribution in [0.2, 0.25) is 0 Å². The zero-order chi connectivity index (χ0) is 21.4. The van der Waals surface area contributed by atoms with E-state index < -0.39 is 30.3 Å². The van der Waals surface area contributed by atoms with Gasteiger partial charge in [-0.1, -0.05) is 35.9 Å². The molecule has 0 spiro atoms. The second-order valence-electron chi connectivity index (χ2n) is 8.83. The lowest BCUT2D eigenvalue weighted by Crippen LogP contribution is -2.53. The number of aliphatic hydroxyl groups is 4. The van der Waals surface area contributed by atoms with Crippen molar-refractivity contribution >= 4 is 0 Å². The molecule has 0 radical (unpaired) electrons. The van der Waals surface area contributed by atoms with Crippen LogP contribution in [0.25, 0.3) is 0 Å². The molecule has 4 N–H and O–H groups in total. The van der Waals surface area contributed by atoms with Gasteiger partial charge in [0.05, 0.1) is 25.4 Å². The summed E-state index contributed by atoms with van der Waals surface area (Å²) < 4.78 is 6.05. The number of hydrogen-bond acceptors (Lipinski definition) is 5. The van der Waals surface area contributed by atoms with Gasteiger partial charge < -0.3 is 25.2 Å². The molecule has 5 atom stereocenters. The van der Waals surface area contributed by atoms with E-state index in [4.69, 9.17) is 4.74 Å². The van der Waals surface area contributed by atoms with Crippen LogP contribution < -0.4 is 0 Å². The quantitative estimate of drug-likeness (QED) is 0.604. The van der Waals surface area contributed by atoms with E-state index in [2.05, 4.69) is 44.2 Å². The Morgan fingerprint density at radius 2 is 1.63 bits per heavy atom. The number of benzene rings is 2. The Kier molecular flexibility index (Phi) is 6.28. The van der Waals surface area contributed by atoms with Crippen LogP contribution in [0.5, 0.6) is 0 Å². The van der Waals surface area contributed by atoms with Gasteiger partial charge in [0, 0.05) is 5.92 Å². The molecule has 5 unspecified atom stereocenters. The van der Waals surface area contributed by atoms with Crippen molar-refractivity contribution in [3.05, 3.63) is 69.3 Å². The highest BCUT2D eigenvalue weighted by Gasteiger charge is 2.45. The molecule has 2 aliphatic rings. The standard InChI is InChI=1S/C25H32O5/c1-14-6-8-16(9-7-14)10-17-11-20(15(2)18-4-3-5-19(17)18)25-21(12-26)23(28)24(29)22(13-27)30-25/h6-9,11,21-29H,3-5,10,12-13H2,1-2H3. The molecule has 30 heavy (non-hydrogen) atoms. The van der Waals surface area contributed by atoms with Crippen molar-refractivity contribution in [1.82, 2.24) is 0 Å². The summed E-state index contributed by atoms with van der Waals surface area (Å²) in [7, 11) is 0. The predicted octanol–water partition coefficient (Wildman–Crippen LogP) is 2.15. The molecular formula is C25H32O5. The Morgan fingerprint density at radius 1 is 0.933 bits per heavy atom. The maximum atomic E-state index is 10.6. The van der Waals surface area contributed by atoms with Gasteiger partial charge in [-0.05, 0) is 72.9 Å². The minimum Gasteiger partial charge on any atom is -0.396 e. The van der Waals surface area contributed by atoms with Crippen LogP contribution in [-0.2, 0) is 24.0 Å². The smallest absolute Gasteiger partial charge is 0.110 e. The minimum atomic E-state index is -1.22.